The van der Waals surface area contributed by atoms with E-state index in [1.165, 1.54) is 16.7 Å². The van der Waals surface area contributed by atoms with Crippen LogP contribution in [0.25, 0.3) is 0 Å². The predicted octanol–water partition coefficient (Wildman–Crippen LogP) is 6.80. The first-order chi connectivity index (χ1) is 18.6. The highest BCUT2D eigenvalue weighted by atomic mass is 16.7. The van der Waals surface area contributed by atoms with Gasteiger partial charge in [0.2, 0.25) is 6.79 Å². The lowest BCUT2D eigenvalue weighted by molar-refractivity contribution is 0.174. The standard InChI is InChI=1S/C32H32O6/c1-33-27-6-4-5-23(17-27)9-13-25-19-32(30(35-3)20-29(25)34-2)38-26-14-10-22(11-15-26)7-8-24-12-16-28-31(18-24)37-21-36-28/h4-6,10-12,14-20H,7-9,13,21H2,1-3H3. The van der Waals surface area contributed by atoms with Gasteiger partial charge in [-0.3, -0.25) is 0 Å². The summed E-state index contributed by atoms with van der Waals surface area (Å²) in [5.74, 6) is 5.29. The minimum Gasteiger partial charge on any atom is -0.497 e. The highest BCUT2D eigenvalue weighted by molar-refractivity contribution is 5.52. The molecule has 0 saturated heterocycles. The van der Waals surface area contributed by atoms with E-state index in [0.717, 1.165) is 60.0 Å². The van der Waals surface area contributed by atoms with Crippen LogP contribution >= 0.6 is 0 Å². The second kappa shape index (κ2) is 11.8. The highest BCUT2D eigenvalue weighted by Crippen LogP contribution is 2.38. The smallest absolute Gasteiger partial charge is 0.231 e. The normalized spacial score (nSPS) is 11.8. The van der Waals surface area contributed by atoms with Crippen LogP contribution in [0.1, 0.15) is 22.3 Å². The molecule has 0 radical (unpaired) electrons. The average Bonchev–Trinajstić information content (AvgIpc) is 3.44. The summed E-state index contributed by atoms with van der Waals surface area (Å²) in [6.45, 7) is 0.295. The average molecular weight is 513 g/mol. The van der Waals surface area contributed by atoms with Crippen molar-refractivity contribution in [2.45, 2.75) is 25.7 Å². The van der Waals surface area contributed by atoms with Crippen molar-refractivity contribution in [2.24, 2.45) is 0 Å². The van der Waals surface area contributed by atoms with E-state index >= 15 is 0 Å². The Balaban J connectivity index is 1.26. The van der Waals surface area contributed by atoms with Gasteiger partial charge < -0.3 is 28.4 Å². The van der Waals surface area contributed by atoms with Crippen LogP contribution in [0.5, 0.6) is 40.2 Å². The summed E-state index contributed by atoms with van der Waals surface area (Å²) in [5, 5.41) is 0. The van der Waals surface area contributed by atoms with Crippen LogP contribution in [0.4, 0.5) is 0 Å². The molecule has 0 fully saturated rings. The summed E-state index contributed by atoms with van der Waals surface area (Å²) in [4.78, 5) is 0. The maximum Gasteiger partial charge on any atom is 0.231 e. The van der Waals surface area contributed by atoms with Gasteiger partial charge >= 0.3 is 0 Å². The molecule has 4 aromatic rings. The maximum atomic E-state index is 6.27. The molecular formula is C32H32O6. The van der Waals surface area contributed by atoms with Gasteiger partial charge in [0, 0.05) is 6.07 Å². The van der Waals surface area contributed by atoms with Crippen LogP contribution < -0.4 is 28.4 Å². The number of methoxy groups -OCH3 is 3. The quantitative estimate of drug-likeness (QED) is 0.220. The molecule has 1 aliphatic heterocycles. The lowest BCUT2D eigenvalue weighted by atomic mass is 10.0. The zero-order valence-corrected chi connectivity index (χ0v) is 22.0. The minimum atomic E-state index is 0.295. The third-order valence-corrected chi connectivity index (χ3v) is 6.67. The summed E-state index contributed by atoms with van der Waals surface area (Å²) in [5.41, 5.74) is 4.70. The van der Waals surface area contributed by atoms with Crippen molar-refractivity contribution >= 4 is 0 Å². The fraction of sp³-hybridized carbons (Fsp3) is 0.250. The van der Waals surface area contributed by atoms with E-state index in [2.05, 4.69) is 36.4 Å². The zero-order valence-electron chi connectivity index (χ0n) is 22.0. The lowest BCUT2D eigenvalue weighted by Gasteiger charge is -2.16. The molecule has 5 rings (SSSR count). The molecule has 196 valence electrons. The van der Waals surface area contributed by atoms with Crippen LogP contribution in [0, 0.1) is 0 Å². The molecule has 1 heterocycles. The van der Waals surface area contributed by atoms with Gasteiger partial charge in [-0.25, -0.2) is 0 Å². The number of hydrogen-bond acceptors (Lipinski definition) is 6. The first kappa shape index (κ1) is 25.3. The Morgan fingerprint density at radius 1 is 0.553 bits per heavy atom. The van der Waals surface area contributed by atoms with Crippen LogP contribution in [0.15, 0.2) is 78.9 Å². The Morgan fingerprint density at radius 3 is 2.05 bits per heavy atom. The fourth-order valence-corrected chi connectivity index (χ4v) is 4.55. The second-order valence-electron chi connectivity index (χ2n) is 9.10. The van der Waals surface area contributed by atoms with E-state index in [0.29, 0.717) is 18.3 Å². The lowest BCUT2D eigenvalue weighted by Crippen LogP contribution is -1.99. The van der Waals surface area contributed by atoms with Crippen LogP contribution in [0.3, 0.4) is 0 Å². The van der Waals surface area contributed by atoms with Crippen molar-refractivity contribution in [1.29, 1.82) is 0 Å². The van der Waals surface area contributed by atoms with Crippen LogP contribution in [-0.2, 0) is 25.7 Å². The van der Waals surface area contributed by atoms with Crippen molar-refractivity contribution in [3.63, 3.8) is 0 Å². The molecule has 6 nitrogen and oxygen atoms in total. The van der Waals surface area contributed by atoms with E-state index in [4.69, 9.17) is 28.4 Å². The molecule has 0 atom stereocenters. The number of benzene rings is 4. The van der Waals surface area contributed by atoms with Crippen molar-refractivity contribution in [3.05, 3.63) is 101 Å². The third-order valence-electron chi connectivity index (χ3n) is 6.67. The Kier molecular flexibility index (Phi) is 7.88. The molecule has 4 aromatic carbocycles. The molecule has 0 saturated carbocycles. The molecule has 0 amide bonds. The number of aryl methyl sites for hydroxylation is 4. The van der Waals surface area contributed by atoms with E-state index in [9.17, 15) is 0 Å². The van der Waals surface area contributed by atoms with E-state index in [-0.39, 0.29) is 0 Å². The highest BCUT2D eigenvalue weighted by Gasteiger charge is 2.15. The maximum absolute atomic E-state index is 6.27. The largest absolute Gasteiger partial charge is 0.497 e. The van der Waals surface area contributed by atoms with Crippen LogP contribution in [-0.4, -0.2) is 28.1 Å². The van der Waals surface area contributed by atoms with Crippen molar-refractivity contribution in [2.75, 3.05) is 28.1 Å². The van der Waals surface area contributed by atoms with Gasteiger partial charge in [0.1, 0.15) is 17.2 Å². The number of fused-ring (bicyclic) bond motifs is 1. The van der Waals surface area contributed by atoms with Gasteiger partial charge in [0.25, 0.3) is 0 Å². The molecule has 1 aliphatic rings. The summed E-state index contributed by atoms with van der Waals surface area (Å²) in [6, 6.07) is 26.3. The number of rotatable bonds is 11. The molecular weight excluding hydrogens is 480 g/mol. The zero-order chi connectivity index (χ0) is 26.3. The van der Waals surface area contributed by atoms with Crippen molar-refractivity contribution in [1.82, 2.24) is 0 Å². The molecule has 38 heavy (non-hydrogen) atoms. The van der Waals surface area contributed by atoms with Gasteiger partial charge in [-0.05, 0) is 90.4 Å². The van der Waals surface area contributed by atoms with Gasteiger partial charge in [0.05, 0.1) is 21.3 Å². The van der Waals surface area contributed by atoms with Gasteiger partial charge in [-0.1, -0.05) is 30.3 Å². The van der Waals surface area contributed by atoms with Gasteiger partial charge in [-0.2, -0.15) is 0 Å². The fourth-order valence-electron chi connectivity index (χ4n) is 4.55. The number of hydrogen-bond donors (Lipinski definition) is 0. The molecule has 0 aliphatic carbocycles. The Labute approximate surface area is 223 Å². The SMILES string of the molecule is COc1cccc(CCc2cc(Oc3ccc(CCc4ccc5c(c4)OCO5)cc3)c(OC)cc2OC)c1. The van der Waals surface area contributed by atoms with Gasteiger partial charge in [-0.15, -0.1) is 0 Å². The molecule has 0 unspecified atom stereocenters. The minimum absolute atomic E-state index is 0.295. The van der Waals surface area contributed by atoms with Gasteiger partial charge in [0.15, 0.2) is 23.0 Å². The summed E-state index contributed by atoms with van der Waals surface area (Å²) in [7, 11) is 4.99. The topological polar surface area (TPSA) is 55.4 Å². The monoisotopic (exact) mass is 512 g/mol. The van der Waals surface area contributed by atoms with Crippen LogP contribution in [0.2, 0.25) is 0 Å². The second-order valence-corrected chi connectivity index (χ2v) is 9.10. The van der Waals surface area contributed by atoms with E-state index < -0.39 is 0 Å². The van der Waals surface area contributed by atoms with E-state index in [1.54, 1.807) is 21.3 Å². The molecule has 0 N–H and O–H groups in total. The molecule has 6 heteroatoms. The predicted molar refractivity (Wildman–Crippen MR) is 146 cm³/mol. The van der Waals surface area contributed by atoms with Crippen molar-refractivity contribution in [3.8, 4) is 40.2 Å². The summed E-state index contributed by atoms with van der Waals surface area (Å²) >= 11 is 0. The molecule has 0 aromatic heterocycles. The Morgan fingerprint density at radius 2 is 1.26 bits per heavy atom. The Hall–Kier alpha value is -4.32. The summed E-state index contributed by atoms with van der Waals surface area (Å²) in [6.07, 6.45) is 3.47. The van der Waals surface area contributed by atoms with Crippen molar-refractivity contribution < 1.29 is 28.4 Å². The third kappa shape index (κ3) is 5.97. The first-order valence-corrected chi connectivity index (χ1v) is 12.7. The summed E-state index contributed by atoms with van der Waals surface area (Å²) < 4.78 is 33.8. The molecule has 0 bridgehead atoms. The number of ether oxygens (including phenoxy) is 6. The molecule has 0 spiro atoms. The first-order valence-electron chi connectivity index (χ1n) is 12.7. The Bertz CT molecular complexity index is 1380. The van der Waals surface area contributed by atoms with E-state index in [1.807, 2.05) is 42.5 Å².